The molecule has 0 radical (unpaired) electrons. The zero-order chi connectivity index (χ0) is 11.4. The highest BCUT2D eigenvalue weighted by atomic mass is 35.5. The van der Waals surface area contributed by atoms with Crippen molar-refractivity contribution in [3.05, 3.63) is 28.8 Å². The first-order valence-electron chi connectivity index (χ1n) is 4.27. The maximum Gasteiger partial charge on any atom is 0.254 e. The molecule has 0 aliphatic rings. The fraction of sp³-hybridized carbons (Fsp3) is 0.333. The summed E-state index contributed by atoms with van der Waals surface area (Å²) in [6.07, 6.45) is 0.925. The van der Waals surface area contributed by atoms with Crippen LogP contribution in [0.5, 0.6) is 0 Å². The van der Waals surface area contributed by atoms with Gasteiger partial charge in [-0.1, -0.05) is 11.6 Å². The fourth-order valence-corrected chi connectivity index (χ4v) is 1.12. The molecule has 1 amide bonds. The van der Waals surface area contributed by atoms with Crippen LogP contribution in [0.1, 0.15) is 17.3 Å². The molecule has 4 nitrogen and oxygen atoms in total. The summed E-state index contributed by atoms with van der Waals surface area (Å²) < 4.78 is 12.8. The quantitative estimate of drug-likeness (QED) is 0.764. The van der Waals surface area contributed by atoms with Gasteiger partial charge < -0.3 is 10.4 Å². The predicted octanol–water partition coefficient (Wildman–Crippen LogP) is 0.985. The van der Waals surface area contributed by atoms with Crippen molar-refractivity contribution >= 4 is 17.5 Å². The number of amides is 1. The first kappa shape index (κ1) is 11.9. The number of hydrogen-bond acceptors (Lipinski definition) is 3. The number of aromatic nitrogens is 1. The van der Waals surface area contributed by atoms with Gasteiger partial charge in [0.2, 0.25) is 0 Å². The smallest absolute Gasteiger partial charge is 0.254 e. The highest BCUT2D eigenvalue weighted by Crippen LogP contribution is 2.13. The first-order valence-corrected chi connectivity index (χ1v) is 4.65. The maximum atomic E-state index is 12.8. The number of halogens is 2. The minimum Gasteiger partial charge on any atom is -0.394 e. The van der Waals surface area contributed by atoms with E-state index in [0.717, 1.165) is 12.3 Å². The van der Waals surface area contributed by atoms with E-state index >= 15 is 0 Å². The SMILES string of the molecule is C[C@H](CO)NC(=O)c1cc(F)cnc1Cl. The van der Waals surface area contributed by atoms with Gasteiger partial charge in [0.25, 0.3) is 5.91 Å². The standard InChI is InChI=1S/C9H10ClFN2O2/c1-5(4-14)13-9(15)7-2-6(11)3-12-8(7)10/h2-3,5,14H,4H2,1H3,(H,13,15)/t5-/m1/s1. The van der Waals surface area contributed by atoms with Crippen LogP contribution in [0.2, 0.25) is 5.15 Å². The molecule has 1 aromatic heterocycles. The second-order valence-electron chi connectivity index (χ2n) is 3.05. The van der Waals surface area contributed by atoms with Crippen LogP contribution in [0, 0.1) is 5.82 Å². The molecule has 0 saturated carbocycles. The number of nitrogens with zero attached hydrogens (tertiary/aromatic N) is 1. The van der Waals surface area contributed by atoms with Crippen molar-refractivity contribution in [2.45, 2.75) is 13.0 Å². The van der Waals surface area contributed by atoms with Gasteiger partial charge in [-0.2, -0.15) is 0 Å². The molecule has 0 bridgehead atoms. The van der Waals surface area contributed by atoms with Crippen molar-refractivity contribution in [2.75, 3.05) is 6.61 Å². The molecule has 2 N–H and O–H groups in total. The third-order valence-electron chi connectivity index (χ3n) is 1.70. The minimum absolute atomic E-state index is 0.0445. The molecule has 0 aromatic carbocycles. The number of pyridine rings is 1. The molecule has 1 rings (SSSR count). The number of nitrogens with one attached hydrogen (secondary N) is 1. The van der Waals surface area contributed by atoms with Gasteiger partial charge in [-0.25, -0.2) is 9.37 Å². The van der Waals surface area contributed by atoms with Gasteiger partial charge in [-0.15, -0.1) is 0 Å². The number of hydrogen-bond donors (Lipinski definition) is 2. The summed E-state index contributed by atoms with van der Waals surface area (Å²) in [7, 11) is 0. The molecule has 0 saturated heterocycles. The van der Waals surface area contributed by atoms with E-state index in [1.54, 1.807) is 6.92 Å². The van der Waals surface area contributed by atoms with E-state index in [4.69, 9.17) is 16.7 Å². The molecule has 6 heteroatoms. The third-order valence-corrected chi connectivity index (χ3v) is 2.00. The molecule has 0 unspecified atom stereocenters. The number of aliphatic hydroxyl groups is 1. The summed E-state index contributed by atoms with van der Waals surface area (Å²) >= 11 is 5.62. The number of aliphatic hydroxyl groups excluding tert-OH is 1. The highest BCUT2D eigenvalue weighted by Gasteiger charge is 2.14. The van der Waals surface area contributed by atoms with Crippen LogP contribution in [0.3, 0.4) is 0 Å². The van der Waals surface area contributed by atoms with E-state index < -0.39 is 17.8 Å². The minimum atomic E-state index is -0.638. The van der Waals surface area contributed by atoms with Crippen LogP contribution in [-0.2, 0) is 0 Å². The Morgan fingerprint density at radius 1 is 1.80 bits per heavy atom. The zero-order valence-corrected chi connectivity index (χ0v) is 8.75. The Balaban J connectivity index is 2.86. The largest absolute Gasteiger partial charge is 0.394 e. The Hall–Kier alpha value is -1.20. The topological polar surface area (TPSA) is 62.2 Å². The number of carbonyl (C=O) groups is 1. The summed E-state index contributed by atoms with van der Waals surface area (Å²) in [6.45, 7) is 1.41. The van der Waals surface area contributed by atoms with E-state index in [-0.39, 0.29) is 17.3 Å². The van der Waals surface area contributed by atoms with Crippen LogP contribution in [0.4, 0.5) is 4.39 Å². The predicted molar refractivity (Wildman–Crippen MR) is 53.2 cm³/mol. The third kappa shape index (κ3) is 3.14. The molecule has 0 fully saturated rings. The van der Waals surface area contributed by atoms with Gasteiger partial charge in [0.05, 0.1) is 18.4 Å². The van der Waals surface area contributed by atoms with E-state index in [1.165, 1.54) is 0 Å². The average molecular weight is 233 g/mol. The molecule has 0 aliphatic carbocycles. The Kier molecular flexibility index (Phi) is 3.99. The molecular formula is C9H10ClFN2O2. The van der Waals surface area contributed by atoms with Crippen LogP contribution < -0.4 is 5.32 Å². The molecular weight excluding hydrogens is 223 g/mol. The van der Waals surface area contributed by atoms with E-state index in [9.17, 15) is 9.18 Å². The maximum absolute atomic E-state index is 12.8. The fourth-order valence-electron chi connectivity index (χ4n) is 0.929. The summed E-state index contributed by atoms with van der Waals surface area (Å²) in [5, 5.41) is 11.1. The second kappa shape index (κ2) is 5.04. The number of carbonyl (C=O) groups excluding carboxylic acids is 1. The zero-order valence-electron chi connectivity index (χ0n) is 8.00. The van der Waals surface area contributed by atoms with Crippen molar-refractivity contribution < 1.29 is 14.3 Å². The van der Waals surface area contributed by atoms with Crippen LogP contribution in [-0.4, -0.2) is 28.6 Å². The Bertz CT molecular complexity index is 373. The average Bonchev–Trinajstić information content (AvgIpc) is 2.21. The van der Waals surface area contributed by atoms with Gasteiger partial charge in [-0.05, 0) is 13.0 Å². The molecule has 0 spiro atoms. The summed E-state index contributed by atoms with van der Waals surface area (Å²) in [5.74, 6) is -1.20. The van der Waals surface area contributed by atoms with E-state index in [2.05, 4.69) is 10.3 Å². The lowest BCUT2D eigenvalue weighted by atomic mass is 10.2. The summed E-state index contributed by atoms with van der Waals surface area (Å²) in [4.78, 5) is 15.0. The Morgan fingerprint density at radius 3 is 3.07 bits per heavy atom. The van der Waals surface area contributed by atoms with Crippen LogP contribution in [0.25, 0.3) is 0 Å². The Morgan fingerprint density at radius 2 is 2.47 bits per heavy atom. The van der Waals surface area contributed by atoms with E-state index in [0.29, 0.717) is 0 Å². The van der Waals surface area contributed by atoms with Crippen LogP contribution in [0.15, 0.2) is 12.3 Å². The van der Waals surface area contributed by atoms with Gasteiger partial charge in [-0.3, -0.25) is 4.79 Å². The number of rotatable bonds is 3. The molecule has 0 aliphatic heterocycles. The van der Waals surface area contributed by atoms with Crippen molar-refractivity contribution in [3.8, 4) is 0 Å². The molecule has 1 heterocycles. The second-order valence-corrected chi connectivity index (χ2v) is 3.41. The first-order chi connectivity index (χ1) is 7.04. The van der Waals surface area contributed by atoms with Crippen molar-refractivity contribution in [2.24, 2.45) is 0 Å². The normalized spacial score (nSPS) is 12.3. The lowest BCUT2D eigenvalue weighted by Crippen LogP contribution is -2.35. The highest BCUT2D eigenvalue weighted by molar-refractivity contribution is 6.32. The molecule has 15 heavy (non-hydrogen) atoms. The summed E-state index contributed by atoms with van der Waals surface area (Å²) in [5.41, 5.74) is -0.0445. The molecule has 1 atom stereocenters. The molecule has 1 aromatic rings. The van der Waals surface area contributed by atoms with Crippen molar-refractivity contribution in [1.82, 2.24) is 10.3 Å². The van der Waals surface area contributed by atoms with Gasteiger partial charge in [0.15, 0.2) is 0 Å². The van der Waals surface area contributed by atoms with Gasteiger partial charge >= 0.3 is 0 Å². The van der Waals surface area contributed by atoms with Gasteiger partial charge in [0.1, 0.15) is 11.0 Å². The van der Waals surface area contributed by atoms with Crippen molar-refractivity contribution in [1.29, 1.82) is 0 Å². The lowest BCUT2D eigenvalue weighted by Gasteiger charge is -2.11. The van der Waals surface area contributed by atoms with E-state index in [1.807, 2.05) is 0 Å². The monoisotopic (exact) mass is 232 g/mol. The van der Waals surface area contributed by atoms with Crippen molar-refractivity contribution in [3.63, 3.8) is 0 Å². The lowest BCUT2D eigenvalue weighted by molar-refractivity contribution is 0.0921. The van der Waals surface area contributed by atoms with Crippen LogP contribution >= 0.6 is 11.6 Å². The molecule has 82 valence electrons. The van der Waals surface area contributed by atoms with Gasteiger partial charge in [0, 0.05) is 6.04 Å². The summed E-state index contributed by atoms with van der Waals surface area (Å²) in [6, 6.07) is 0.575. The Labute approximate surface area is 91.1 Å².